The van der Waals surface area contributed by atoms with Crippen molar-refractivity contribution in [2.75, 3.05) is 26.4 Å². The van der Waals surface area contributed by atoms with E-state index >= 15 is 14.4 Å². The topological polar surface area (TPSA) is 181 Å². The summed E-state index contributed by atoms with van der Waals surface area (Å²) in [5.41, 5.74) is -4.33. The highest BCUT2D eigenvalue weighted by Gasteiger charge is 2.94. The van der Waals surface area contributed by atoms with Crippen LogP contribution < -0.4 is 5.32 Å². The maximum absolute atomic E-state index is 16.9. The summed E-state index contributed by atoms with van der Waals surface area (Å²) in [6, 6.07) is 13.1. The number of benzene rings is 1. The number of cyclic esters (lactones) is 2. The van der Waals surface area contributed by atoms with Crippen LogP contribution in [0.4, 0.5) is 0 Å². The third kappa shape index (κ3) is 7.10. The van der Waals surface area contributed by atoms with Crippen molar-refractivity contribution in [1.82, 2.24) is 10.2 Å². The first-order valence-corrected chi connectivity index (χ1v) is 31.8. The van der Waals surface area contributed by atoms with Crippen molar-refractivity contribution in [2.45, 2.75) is 209 Å². The molecule has 4 N–H and O–H groups in total. The molecule has 7 heterocycles. The van der Waals surface area contributed by atoms with Crippen LogP contribution in [0.15, 0.2) is 59.4 Å². The Labute approximate surface area is 467 Å². The number of ketones is 1. The number of fused-ring (bicyclic) bond motifs is 5. The number of rotatable bonds is 10. The molecule has 5 saturated heterocycles. The van der Waals surface area contributed by atoms with Crippen LogP contribution in [-0.2, 0) is 46.2 Å². The summed E-state index contributed by atoms with van der Waals surface area (Å²) >= 11 is 0. The van der Waals surface area contributed by atoms with Gasteiger partial charge in [0.05, 0.1) is 48.7 Å². The molecule has 4 spiro atoms. The average molecular weight is 1090 g/mol. The number of nitrogens with zero attached hydrogens (tertiary/aromatic N) is 1. The lowest BCUT2D eigenvalue weighted by Crippen LogP contribution is -2.80. The van der Waals surface area contributed by atoms with Crippen molar-refractivity contribution >= 4 is 17.7 Å². The van der Waals surface area contributed by atoms with E-state index in [1.54, 1.807) is 6.26 Å². The van der Waals surface area contributed by atoms with E-state index in [2.05, 4.69) is 66.7 Å². The highest BCUT2D eigenvalue weighted by molar-refractivity contribution is 5.93. The maximum Gasteiger partial charge on any atom is 0.339 e. The molecule has 1 aromatic heterocycles. The minimum atomic E-state index is -1.47. The molecule has 1 aromatic carbocycles. The van der Waals surface area contributed by atoms with Crippen LogP contribution in [0, 0.1) is 80.3 Å². The molecule has 13 nitrogen and oxygen atoms in total. The van der Waals surface area contributed by atoms with Crippen molar-refractivity contribution in [2.24, 2.45) is 80.3 Å². The Morgan fingerprint density at radius 3 is 2.46 bits per heavy atom. The van der Waals surface area contributed by atoms with Gasteiger partial charge in [0, 0.05) is 40.8 Å². The molecule has 2 aromatic rings. The van der Waals surface area contributed by atoms with Gasteiger partial charge in [0.2, 0.25) is 0 Å². The zero-order chi connectivity index (χ0) is 53.9. The van der Waals surface area contributed by atoms with Crippen molar-refractivity contribution in [1.29, 1.82) is 0 Å². The number of epoxide rings is 1. The Morgan fingerprint density at radius 2 is 1.65 bits per heavy atom. The van der Waals surface area contributed by atoms with Crippen molar-refractivity contribution in [3.8, 4) is 0 Å². The van der Waals surface area contributed by atoms with Crippen LogP contribution in [0.1, 0.15) is 172 Å². The Kier molecular flexibility index (Phi) is 12.4. The molecule has 20 atom stereocenters. The normalized spacial score (nSPS) is 47.3. The van der Waals surface area contributed by atoms with Crippen LogP contribution in [0.5, 0.6) is 0 Å². The number of carbonyl (C=O) groups excluding carboxylic acids is 3. The molecule has 0 unspecified atom stereocenters. The van der Waals surface area contributed by atoms with Crippen molar-refractivity contribution in [3.05, 3.63) is 71.8 Å². The monoisotopic (exact) mass is 1080 g/mol. The second-order valence-corrected chi connectivity index (χ2v) is 29.2. The fourth-order valence-corrected chi connectivity index (χ4v) is 23.1. The highest BCUT2D eigenvalue weighted by atomic mass is 16.7. The Hall–Kier alpha value is -3.59. The van der Waals surface area contributed by atoms with Gasteiger partial charge in [-0.1, -0.05) is 88.3 Å². The second kappa shape index (κ2) is 18.7. The number of hydrogen-bond donors (Lipinski definition) is 4. The SMILES string of the molecule is C[C@@]12CC[C@@H]3[C@@]45COC(=O)[C@]6(CCC7(CCCC7)C6)[C@@H]4O[C@](C)(C4CCCCC4)[C@H]5C(=O)[C@@H](O)[C@@]3([C@@H]3CCC[C@@H](Cc4ccccc4)C3)[C@]13O[C@@H]3C(=O)O[C@H]2c1ccoc1C[C@@H]([C@H]1CC[C@@H]2[C@H](C=CN3CNC[C@@H]23)C1)[C@H](O)CO. The molecule has 0 amide bonds. The summed E-state index contributed by atoms with van der Waals surface area (Å²) in [6.45, 7) is 5.94. The first-order valence-electron chi connectivity index (χ1n) is 31.8. The van der Waals surface area contributed by atoms with Crippen LogP contribution in [0.25, 0.3) is 0 Å². The standard InChI is InChI=1S/C66H88N2O11/c1-60-25-20-51-64-37-76-59(74)63(27-26-62(36-63)23-9-10-24-62)58(64)79-61(2,43-15-7-4-8-16-43)53(64)52(71)54(72)65(51,44-17-11-14-40(31-44)30-39-12-5-3-6-13-39)66(60)56(78-66)57(73)77-55(60)46-22-29-75-50(46)33-47(49(70)35-69)41-18-19-45-42(32-41)21-28-68-38-67-34-48(45)68/h3,5-6,12-13,21-22,28-29,40-45,47-49,51,53-56,58,67,69-70,72H,4,7-11,14-20,23-27,30-38H2,1-2H3/t40-,41-,42+,44+,45+,47-,48-,49+,51+,53+,54+,55-,56+,58-,60-,61+,63-,64+,65-,66+/m0/s1. The molecule has 15 rings (SSSR count). The van der Waals surface area contributed by atoms with Gasteiger partial charge in [-0.25, -0.2) is 4.79 Å². The van der Waals surface area contributed by atoms with E-state index in [-0.39, 0.29) is 65.9 Å². The summed E-state index contributed by atoms with van der Waals surface area (Å²) < 4.78 is 35.7. The molecule has 7 aliphatic carbocycles. The lowest BCUT2D eigenvalue weighted by Gasteiger charge is -2.71. The van der Waals surface area contributed by atoms with Crippen LogP contribution in [0.2, 0.25) is 0 Å². The number of hydrogen-bond acceptors (Lipinski definition) is 13. The first kappa shape index (κ1) is 52.2. The third-order valence-electron chi connectivity index (χ3n) is 26.2. The van der Waals surface area contributed by atoms with Crippen molar-refractivity contribution in [3.63, 3.8) is 0 Å². The molecule has 79 heavy (non-hydrogen) atoms. The zero-order valence-electron chi connectivity index (χ0n) is 47.0. The highest BCUT2D eigenvalue weighted by Crippen LogP contribution is 2.84. The summed E-state index contributed by atoms with van der Waals surface area (Å²) in [7, 11) is 0. The molecule has 12 fully saturated rings. The predicted octanol–water partition coefficient (Wildman–Crippen LogP) is 9.34. The number of nitrogens with one attached hydrogen (secondary N) is 1. The van der Waals surface area contributed by atoms with E-state index in [1.165, 1.54) is 5.56 Å². The van der Waals surface area contributed by atoms with Crippen molar-refractivity contribution < 1.29 is 53.1 Å². The number of aliphatic hydroxyl groups excluding tert-OH is 3. The molecule has 13 aliphatic rings. The largest absolute Gasteiger partial charge is 0.469 e. The molecule has 428 valence electrons. The molecule has 13 heteroatoms. The molecule has 7 saturated carbocycles. The Balaban J connectivity index is 0.861. The number of furan rings is 1. The van der Waals surface area contributed by atoms with Gasteiger partial charge in [-0.3, -0.25) is 14.9 Å². The number of aliphatic hydroxyl groups is 3. The van der Waals surface area contributed by atoms with Gasteiger partial charge in [-0.05, 0) is 174 Å². The first-order chi connectivity index (χ1) is 38.3. The van der Waals surface area contributed by atoms with E-state index in [0.29, 0.717) is 55.7 Å². The smallest absolute Gasteiger partial charge is 0.339 e. The Bertz CT molecular complexity index is 2730. The number of ether oxygens (including phenoxy) is 4. The fourth-order valence-electron chi connectivity index (χ4n) is 23.1. The van der Waals surface area contributed by atoms with Gasteiger partial charge >= 0.3 is 11.9 Å². The van der Waals surface area contributed by atoms with Crippen LogP contribution in [0.3, 0.4) is 0 Å². The van der Waals surface area contributed by atoms with Gasteiger partial charge in [0.1, 0.15) is 30.2 Å². The minimum absolute atomic E-state index is 0.0361. The van der Waals surface area contributed by atoms with Gasteiger partial charge in [-0.2, -0.15) is 0 Å². The second-order valence-electron chi connectivity index (χ2n) is 29.2. The van der Waals surface area contributed by atoms with E-state index in [0.717, 1.165) is 134 Å². The number of esters is 2. The number of allylic oxidation sites excluding steroid dienone is 1. The Morgan fingerprint density at radius 1 is 0.835 bits per heavy atom. The number of Topliss-reactive ketones (excluding diaryl/α,β-unsaturated/α-hetero) is 1. The fraction of sp³-hybridized carbons (Fsp3) is 0.773. The average Bonchev–Trinajstić information content (AvgIpc) is 1.60. The maximum atomic E-state index is 16.9. The van der Waals surface area contributed by atoms with E-state index in [9.17, 15) is 15.3 Å². The van der Waals surface area contributed by atoms with Gasteiger partial charge < -0.3 is 43.6 Å². The molecular weight excluding hydrogens is 997 g/mol. The van der Waals surface area contributed by atoms with Gasteiger partial charge in [-0.15, -0.1) is 0 Å². The van der Waals surface area contributed by atoms with E-state index in [4.69, 9.17) is 23.4 Å². The predicted molar refractivity (Wildman–Crippen MR) is 291 cm³/mol. The van der Waals surface area contributed by atoms with Gasteiger partial charge in [0.25, 0.3) is 0 Å². The quantitative estimate of drug-likeness (QED) is 0.131. The van der Waals surface area contributed by atoms with Crippen LogP contribution in [-0.4, -0.2) is 106 Å². The zero-order valence-corrected chi connectivity index (χ0v) is 47.0. The van der Waals surface area contributed by atoms with E-state index in [1.807, 2.05) is 6.07 Å². The molecular formula is C66H88N2O11. The third-order valence-corrected chi connectivity index (χ3v) is 26.2. The molecule has 6 aliphatic heterocycles. The van der Waals surface area contributed by atoms with Crippen LogP contribution >= 0.6 is 0 Å². The van der Waals surface area contributed by atoms with Gasteiger partial charge in [0.15, 0.2) is 11.9 Å². The number of carbonyl (C=O) groups is 3. The summed E-state index contributed by atoms with van der Waals surface area (Å²) in [4.78, 5) is 49.9. The lowest BCUT2D eigenvalue weighted by molar-refractivity contribution is -0.286. The lowest BCUT2D eigenvalue weighted by atomic mass is 9.31. The molecule has 0 bridgehead atoms. The summed E-state index contributed by atoms with van der Waals surface area (Å²) in [6.07, 6.45) is 22.0. The summed E-state index contributed by atoms with van der Waals surface area (Å²) in [5.74, 6) is -0.453. The molecule has 0 radical (unpaired) electrons. The van der Waals surface area contributed by atoms with E-state index < -0.39 is 75.3 Å². The summed E-state index contributed by atoms with van der Waals surface area (Å²) in [5, 5.41) is 40.4. The minimum Gasteiger partial charge on any atom is -0.469 e.